The first-order chi connectivity index (χ1) is 4.25. The predicted octanol–water partition coefficient (Wildman–Crippen LogP) is 1.57. The highest BCUT2D eigenvalue weighted by atomic mass is 19.1. The molecule has 1 saturated carbocycles. The van der Waals surface area contributed by atoms with Crippen LogP contribution in [0.3, 0.4) is 0 Å². The number of carbonyl (C=O) groups is 1. The van der Waals surface area contributed by atoms with Crippen molar-refractivity contribution in [3.63, 3.8) is 0 Å². The SMILES string of the molecule is CC1CCC(C=O)C1F. The molecule has 1 aliphatic carbocycles. The molecule has 3 atom stereocenters. The molecule has 0 amide bonds. The summed E-state index contributed by atoms with van der Waals surface area (Å²) in [6.07, 6.45) is 1.48. The third kappa shape index (κ3) is 1.12. The molecule has 52 valence electrons. The highest BCUT2D eigenvalue weighted by Crippen LogP contribution is 2.31. The van der Waals surface area contributed by atoms with Crippen molar-refractivity contribution in [1.82, 2.24) is 0 Å². The van der Waals surface area contributed by atoms with Gasteiger partial charge in [0.2, 0.25) is 0 Å². The fourth-order valence-corrected chi connectivity index (χ4v) is 1.34. The van der Waals surface area contributed by atoms with E-state index in [0.29, 0.717) is 0 Å². The summed E-state index contributed by atoms with van der Waals surface area (Å²) in [6.45, 7) is 1.86. The van der Waals surface area contributed by atoms with E-state index in [-0.39, 0.29) is 11.8 Å². The zero-order valence-electron chi connectivity index (χ0n) is 5.51. The van der Waals surface area contributed by atoms with Crippen LogP contribution in [0.15, 0.2) is 0 Å². The van der Waals surface area contributed by atoms with Crippen LogP contribution in [0.25, 0.3) is 0 Å². The largest absolute Gasteiger partial charge is 0.303 e. The molecule has 0 saturated heterocycles. The zero-order chi connectivity index (χ0) is 6.85. The molecule has 1 nitrogen and oxygen atoms in total. The van der Waals surface area contributed by atoms with E-state index >= 15 is 0 Å². The number of alkyl halides is 1. The summed E-state index contributed by atoms with van der Waals surface area (Å²) >= 11 is 0. The Morgan fingerprint density at radius 2 is 2.22 bits per heavy atom. The minimum atomic E-state index is -0.873. The molecule has 0 heterocycles. The maximum Gasteiger partial charge on any atom is 0.125 e. The molecule has 1 rings (SSSR count). The first-order valence-electron chi connectivity index (χ1n) is 3.35. The second-order valence-electron chi connectivity index (χ2n) is 2.80. The summed E-state index contributed by atoms with van der Waals surface area (Å²) in [5.74, 6) is -0.208. The van der Waals surface area contributed by atoms with Gasteiger partial charge in [0.15, 0.2) is 0 Å². The van der Waals surface area contributed by atoms with E-state index in [2.05, 4.69) is 0 Å². The van der Waals surface area contributed by atoms with Gasteiger partial charge in [-0.1, -0.05) is 6.92 Å². The van der Waals surface area contributed by atoms with E-state index in [4.69, 9.17) is 0 Å². The van der Waals surface area contributed by atoms with Crippen molar-refractivity contribution in [1.29, 1.82) is 0 Å². The van der Waals surface area contributed by atoms with E-state index in [1.807, 2.05) is 6.92 Å². The molecular weight excluding hydrogens is 119 g/mol. The first-order valence-corrected chi connectivity index (χ1v) is 3.35. The van der Waals surface area contributed by atoms with Gasteiger partial charge in [0.05, 0.1) is 0 Å². The van der Waals surface area contributed by atoms with E-state index in [1.165, 1.54) is 0 Å². The first kappa shape index (κ1) is 6.72. The quantitative estimate of drug-likeness (QED) is 0.492. The van der Waals surface area contributed by atoms with Crippen molar-refractivity contribution in [2.75, 3.05) is 0 Å². The molecule has 9 heavy (non-hydrogen) atoms. The smallest absolute Gasteiger partial charge is 0.125 e. The minimum Gasteiger partial charge on any atom is -0.303 e. The van der Waals surface area contributed by atoms with Crippen LogP contribution in [0.4, 0.5) is 4.39 Å². The van der Waals surface area contributed by atoms with Crippen molar-refractivity contribution in [2.45, 2.75) is 25.9 Å². The Bertz CT molecular complexity index is 113. The fourth-order valence-electron chi connectivity index (χ4n) is 1.34. The summed E-state index contributed by atoms with van der Waals surface area (Å²) < 4.78 is 12.8. The van der Waals surface area contributed by atoms with Crippen LogP contribution in [0, 0.1) is 11.8 Å². The number of carbonyl (C=O) groups excluding carboxylic acids is 1. The van der Waals surface area contributed by atoms with E-state index in [0.717, 1.165) is 19.1 Å². The molecule has 0 bridgehead atoms. The summed E-state index contributed by atoms with van der Waals surface area (Å²) in [5.41, 5.74) is 0. The van der Waals surface area contributed by atoms with Gasteiger partial charge in [0, 0.05) is 5.92 Å². The van der Waals surface area contributed by atoms with Crippen LogP contribution >= 0.6 is 0 Å². The van der Waals surface area contributed by atoms with Gasteiger partial charge in [-0.2, -0.15) is 0 Å². The summed E-state index contributed by atoms with van der Waals surface area (Å²) in [7, 11) is 0. The van der Waals surface area contributed by atoms with Gasteiger partial charge in [-0.3, -0.25) is 0 Å². The molecule has 0 N–H and O–H groups in total. The lowest BCUT2D eigenvalue weighted by Crippen LogP contribution is -2.14. The molecule has 3 unspecified atom stereocenters. The summed E-state index contributed by atoms with van der Waals surface area (Å²) in [6, 6.07) is 0. The molecule has 2 heteroatoms. The Balaban J connectivity index is 2.50. The minimum absolute atomic E-state index is 0.0974. The third-order valence-electron chi connectivity index (χ3n) is 2.08. The molecule has 0 aromatic rings. The van der Waals surface area contributed by atoms with Gasteiger partial charge >= 0.3 is 0 Å². The second-order valence-corrected chi connectivity index (χ2v) is 2.80. The third-order valence-corrected chi connectivity index (χ3v) is 2.08. The maximum absolute atomic E-state index is 12.8. The van der Waals surface area contributed by atoms with E-state index in [9.17, 15) is 9.18 Å². The predicted molar refractivity (Wildman–Crippen MR) is 32.8 cm³/mol. The summed E-state index contributed by atoms with van der Waals surface area (Å²) in [4.78, 5) is 10.1. The molecule has 0 radical (unpaired) electrons. The average molecular weight is 130 g/mol. The Hall–Kier alpha value is -0.400. The molecule has 1 aliphatic rings. The number of hydrogen-bond acceptors (Lipinski definition) is 1. The maximum atomic E-state index is 12.8. The van der Waals surface area contributed by atoms with Crippen molar-refractivity contribution in [2.24, 2.45) is 11.8 Å². The topological polar surface area (TPSA) is 17.1 Å². The van der Waals surface area contributed by atoms with Gasteiger partial charge in [0.1, 0.15) is 12.5 Å². The van der Waals surface area contributed by atoms with Gasteiger partial charge in [-0.05, 0) is 18.8 Å². The van der Waals surface area contributed by atoms with Crippen molar-refractivity contribution in [3.05, 3.63) is 0 Å². The molecular formula is C7H11FO. The zero-order valence-corrected chi connectivity index (χ0v) is 5.51. The molecule has 0 aliphatic heterocycles. The average Bonchev–Trinajstić information content (AvgIpc) is 2.15. The van der Waals surface area contributed by atoms with Gasteiger partial charge in [0.25, 0.3) is 0 Å². The lowest BCUT2D eigenvalue weighted by Gasteiger charge is -2.06. The Labute approximate surface area is 54.3 Å². The normalized spacial score (nSPS) is 43.1. The lowest BCUT2D eigenvalue weighted by atomic mass is 10.1. The van der Waals surface area contributed by atoms with E-state index in [1.54, 1.807) is 0 Å². The van der Waals surface area contributed by atoms with Crippen molar-refractivity contribution in [3.8, 4) is 0 Å². The Morgan fingerprint density at radius 3 is 2.44 bits per heavy atom. The highest BCUT2D eigenvalue weighted by Gasteiger charge is 2.32. The number of hydrogen-bond donors (Lipinski definition) is 0. The monoisotopic (exact) mass is 130 g/mol. The Kier molecular flexibility index (Phi) is 1.84. The Morgan fingerprint density at radius 1 is 1.56 bits per heavy atom. The molecule has 0 aromatic heterocycles. The molecule has 0 aromatic carbocycles. The van der Waals surface area contributed by atoms with Crippen LogP contribution in [0.1, 0.15) is 19.8 Å². The van der Waals surface area contributed by atoms with Gasteiger partial charge in [-0.15, -0.1) is 0 Å². The van der Waals surface area contributed by atoms with Crippen LogP contribution in [0.2, 0.25) is 0 Å². The standard InChI is InChI=1S/C7H11FO/c1-5-2-3-6(4-9)7(5)8/h4-7H,2-3H2,1H3. The van der Waals surface area contributed by atoms with Crippen LogP contribution in [-0.2, 0) is 4.79 Å². The number of halogens is 1. The summed E-state index contributed by atoms with van der Waals surface area (Å²) in [5, 5.41) is 0. The van der Waals surface area contributed by atoms with Gasteiger partial charge < -0.3 is 4.79 Å². The van der Waals surface area contributed by atoms with Crippen molar-refractivity contribution < 1.29 is 9.18 Å². The lowest BCUT2D eigenvalue weighted by molar-refractivity contribution is -0.112. The van der Waals surface area contributed by atoms with Crippen LogP contribution in [-0.4, -0.2) is 12.5 Å². The molecule has 1 fully saturated rings. The fraction of sp³-hybridized carbons (Fsp3) is 0.857. The van der Waals surface area contributed by atoms with Crippen molar-refractivity contribution >= 4 is 6.29 Å². The molecule has 0 spiro atoms. The number of aldehydes is 1. The number of rotatable bonds is 1. The van der Waals surface area contributed by atoms with Gasteiger partial charge in [-0.25, -0.2) is 4.39 Å². The van der Waals surface area contributed by atoms with E-state index < -0.39 is 6.17 Å². The van der Waals surface area contributed by atoms with Crippen LogP contribution in [0.5, 0.6) is 0 Å². The van der Waals surface area contributed by atoms with Crippen LogP contribution < -0.4 is 0 Å². The highest BCUT2D eigenvalue weighted by molar-refractivity contribution is 5.55. The second kappa shape index (κ2) is 2.46.